The average molecular weight is 227 g/mol. The molecule has 0 saturated heterocycles. The summed E-state index contributed by atoms with van der Waals surface area (Å²) in [5.74, 6) is 0.0520. The van der Waals surface area contributed by atoms with Gasteiger partial charge in [-0.15, -0.1) is 11.6 Å². The van der Waals surface area contributed by atoms with Crippen LogP contribution in [0.3, 0.4) is 0 Å². The first-order valence-corrected chi connectivity index (χ1v) is 5.47. The van der Waals surface area contributed by atoms with E-state index in [1.165, 1.54) is 0 Å². The highest BCUT2D eigenvalue weighted by Crippen LogP contribution is 2.21. The molecular weight excluding hydrogens is 212 g/mol. The molecular formula is C12H15ClO2. The Hall–Kier alpha value is -1.02. The monoisotopic (exact) mass is 226 g/mol. The van der Waals surface area contributed by atoms with Crippen molar-refractivity contribution in [1.29, 1.82) is 0 Å². The molecule has 82 valence electrons. The Morgan fingerprint density at radius 3 is 2.47 bits per heavy atom. The van der Waals surface area contributed by atoms with Gasteiger partial charge in [0.15, 0.2) is 0 Å². The number of aryl methyl sites for hydroxylation is 2. The van der Waals surface area contributed by atoms with Crippen molar-refractivity contribution < 1.29 is 9.53 Å². The SMILES string of the molecule is CCOC(=O)c1c(C)ccc(C)c1CCl. The Morgan fingerprint density at radius 2 is 1.93 bits per heavy atom. The number of halogens is 1. The van der Waals surface area contributed by atoms with Crippen LogP contribution in [-0.2, 0) is 10.6 Å². The largest absolute Gasteiger partial charge is 0.462 e. The van der Waals surface area contributed by atoms with Crippen LogP contribution in [0.2, 0.25) is 0 Å². The third kappa shape index (κ3) is 2.51. The average Bonchev–Trinajstić information content (AvgIpc) is 2.21. The summed E-state index contributed by atoms with van der Waals surface area (Å²) in [6.45, 7) is 6.01. The number of ether oxygens (including phenoxy) is 1. The fourth-order valence-electron chi connectivity index (χ4n) is 1.53. The Morgan fingerprint density at radius 1 is 1.33 bits per heavy atom. The van der Waals surface area contributed by atoms with Crippen LogP contribution in [0.5, 0.6) is 0 Å². The number of carbonyl (C=O) groups excluding carboxylic acids is 1. The molecule has 0 fully saturated rings. The lowest BCUT2D eigenvalue weighted by atomic mass is 9.98. The summed E-state index contributed by atoms with van der Waals surface area (Å²) in [6, 6.07) is 3.88. The van der Waals surface area contributed by atoms with E-state index in [9.17, 15) is 4.79 Å². The zero-order valence-corrected chi connectivity index (χ0v) is 10.0. The first-order chi connectivity index (χ1) is 7.11. The second kappa shape index (κ2) is 5.17. The van der Waals surface area contributed by atoms with Gasteiger partial charge in [0, 0.05) is 5.88 Å². The van der Waals surface area contributed by atoms with Crippen molar-refractivity contribution in [3.63, 3.8) is 0 Å². The minimum atomic E-state index is -0.283. The molecule has 0 aromatic heterocycles. The number of benzene rings is 1. The van der Waals surface area contributed by atoms with Gasteiger partial charge in [-0.1, -0.05) is 12.1 Å². The molecule has 1 rings (SSSR count). The molecule has 0 bridgehead atoms. The molecule has 0 aliphatic rings. The normalized spacial score (nSPS) is 10.1. The third-order valence-electron chi connectivity index (χ3n) is 2.37. The van der Waals surface area contributed by atoms with Crippen LogP contribution < -0.4 is 0 Å². The van der Waals surface area contributed by atoms with Gasteiger partial charge >= 0.3 is 5.97 Å². The molecule has 0 aliphatic heterocycles. The van der Waals surface area contributed by atoms with E-state index in [0.29, 0.717) is 18.1 Å². The van der Waals surface area contributed by atoms with Crippen LogP contribution in [0.25, 0.3) is 0 Å². The second-order valence-electron chi connectivity index (χ2n) is 3.41. The smallest absolute Gasteiger partial charge is 0.338 e. The van der Waals surface area contributed by atoms with Crippen LogP contribution in [-0.4, -0.2) is 12.6 Å². The van der Waals surface area contributed by atoms with Crippen molar-refractivity contribution in [2.45, 2.75) is 26.7 Å². The van der Waals surface area contributed by atoms with Gasteiger partial charge in [-0.3, -0.25) is 0 Å². The molecule has 0 radical (unpaired) electrons. The summed E-state index contributed by atoms with van der Waals surface area (Å²) in [5.41, 5.74) is 3.43. The lowest BCUT2D eigenvalue weighted by molar-refractivity contribution is 0.0524. The number of hydrogen-bond donors (Lipinski definition) is 0. The maximum atomic E-state index is 11.7. The van der Waals surface area contributed by atoms with E-state index in [-0.39, 0.29) is 5.97 Å². The Labute approximate surface area is 95.2 Å². The summed E-state index contributed by atoms with van der Waals surface area (Å²) < 4.78 is 5.01. The predicted octanol–water partition coefficient (Wildman–Crippen LogP) is 3.22. The van der Waals surface area contributed by atoms with Crippen molar-refractivity contribution in [2.24, 2.45) is 0 Å². The highest BCUT2D eigenvalue weighted by atomic mass is 35.5. The molecule has 2 nitrogen and oxygen atoms in total. The summed E-state index contributed by atoms with van der Waals surface area (Å²) in [6.07, 6.45) is 0. The van der Waals surface area contributed by atoms with E-state index in [1.807, 2.05) is 26.0 Å². The first kappa shape index (κ1) is 12.1. The van der Waals surface area contributed by atoms with Crippen molar-refractivity contribution in [1.82, 2.24) is 0 Å². The van der Waals surface area contributed by atoms with Crippen molar-refractivity contribution >= 4 is 17.6 Å². The number of carbonyl (C=O) groups is 1. The highest BCUT2D eigenvalue weighted by Gasteiger charge is 2.16. The van der Waals surface area contributed by atoms with E-state index in [4.69, 9.17) is 16.3 Å². The standard InChI is InChI=1S/C12H15ClO2/c1-4-15-12(14)11-9(3)6-5-8(2)10(11)7-13/h5-6H,4,7H2,1-3H3. The molecule has 1 aromatic carbocycles. The van der Waals surface area contributed by atoms with Crippen LogP contribution in [0.1, 0.15) is 34.0 Å². The molecule has 0 saturated carbocycles. The minimum absolute atomic E-state index is 0.283. The number of rotatable bonds is 3. The minimum Gasteiger partial charge on any atom is -0.462 e. The van der Waals surface area contributed by atoms with Gasteiger partial charge in [0.05, 0.1) is 12.2 Å². The Bertz CT molecular complexity index is 372. The summed E-state index contributed by atoms with van der Waals surface area (Å²) in [5, 5.41) is 0. The van der Waals surface area contributed by atoms with Crippen molar-refractivity contribution in [2.75, 3.05) is 6.61 Å². The number of hydrogen-bond acceptors (Lipinski definition) is 2. The molecule has 0 N–H and O–H groups in total. The molecule has 3 heteroatoms. The number of esters is 1. The lowest BCUT2D eigenvalue weighted by Gasteiger charge is -2.12. The molecule has 15 heavy (non-hydrogen) atoms. The summed E-state index contributed by atoms with van der Waals surface area (Å²) in [4.78, 5) is 11.7. The van der Waals surface area contributed by atoms with Crippen molar-refractivity contribution in [3.05, 3.63) is 34.4 Å². The van der Waals surface area contributed by atoms with Gasteiger partial charge in [-0.05, 0) is 37.5 Å². The molecule has 0 amide bonds. The first-order valence-electron chi connectivity index (χ1n) is 4.94. The van der Waals surface area contributed by atoms with Gasteiger partial charge < -0.3 is 4.74 Å². The van der Waals surface area contributed by atoms with Gasteiger partial charge in [0.1, 0.15) is 0 Å². The van der Waals surface area contributed by atoms with Crippen molar-refractivity contribution in [3.8, 4) is 0 Å². The molecule has 0 spiro atoms. The van der Waals surface area contributed by atoms with Crippen LogP contribution in [0, 0.1) is 13.8 Å². The van der Waals surface area contributed by atoms with Gasteiger partial charge in [0.25, 0.3) is 0 Å². The fraction of sp³-hybridized carbons (Fsp3) is 0.417. The summed E-state index contributed by atoms with van der Waals surface area (Å²) in [7, 11) is 0. The van der Waals surface area contributed by atoms with E-state index >= 15 is 0 Å². The predicted molar refractivity (Wildman–Crippen MR) is 61.4 cm³/mol. The molecule has 0 heterocycles. The van der Waals surface area contributed by atoms with E-state index in [1.54, 1.807) is 6.92 Å². The van der Waals surface area contributed by atoms with E-state index in [0.717, 1.165) is 16.7 Å². The van der Waals surface area contributed by atoms with Crippen LogP contribution in [0.15, 0.2) is 12.1 Å². The maximum absolute atomic E-state index is 11.7. The quantitative estimate of drug-likeness (QED) is 0.584. The Balaban J connectivity index is 3.24. The molecule has 0 unspecified atom stereocenters. The van der Waals surface area contributed by atoms with Crippen LogP contribution >= 0.6 is 11.6 Å². The highest BCUT2D eigenvalue weighted by molar-refractivity contribution is 6.17. The Kier molecular flexibility index (Phi) is 4.15. The second-order valence-corrected chi connectivity index (χ2v) is 3.67. The zero-order chi connectivity index (χ0) is 11.4. The topological polar surface area (TPSA) is 26.3 Å². The zero-order valence-electron chi connectivity index (χ0n) is 9.26. The third-order valence-corrected chi connectivity index (χ3v) is 2.64. The fourth-order valence-corrected chi connectivity index (χ4v) is 1.87. The number of alkyl halides is 1. The van der Waals surface area contributed by atoms with Gasteiger partial charge in [-0.25, -0.2) is 4.79 Å². The van der Waals surface area contributed by atoms with E-state index in [2.05, 4.69) is 0 Å². The van der Waals surface area contributed by atoms with Gasteiger partial charge in [0.2, 0.25) is 0 Å². The van der Waals surface area contributed by atoms with Crippen LogP contribution in [0.4, 0.5) is 0 Å². The molecule has 0 aliphatic carbocycles. The molecule has 0 atom stereocenters. The lowest BCUT2D eigenvalue weighted by Crippen LogP contribution is -2.10. The maximum Gasteiger partial charge on any atom is 0.338 e. The summed E-state index contributed by atoms with van der Waals surface area (Å²) >= 11 is 5.85. The van der Waals surface area contributed by atoms with Gasteiger partial charge in [-0.2, -0.15) is 0 Å². The van der Waals surface area contributed by atoms with E-state index < -0.39 is 0 Å². The molecule has 1 aromatic rings.